The van der Waals surface area contributed by atoms with Crippen LogP contribution in [0.15, 0.2) is 36.5 Å². The van der Waals surface area contributed by atoms with Gasteiger partial charge in [-0.1, -0.05) is 159 Å². The number of carbonyl (C=O) groups is 3. The second-order valence-corrected chi connectivity index (χ2v) is 15.6. The highest BCUT2D eigenvalue weighted by molar-refractivity contribution is 7.47. The minimum Gasteiger partial charge on any atom is -0.480 e. The lowest BCUT2D eigenvalue weighted by Gasteiger charge is -2.20. The fourth-order valence-corrected chi connectivity index (χ4v) is 6.39. The molecule has 0 saturated carbocycles. The van der Waals surface area contributed by atoms with Gasteiger partial charge < -0.3 is 25.2 Å². The Balaban J connectivity index is 4.39. The van der Waals surface area contributed by atoms with Crippen LogP contribution in [-0.4, -0.2) is 59.9 Å². The predicted octanol–water partition coefficient (Wildman–Crippen LogP) is 10.8. The van der Waals surface area contributed by atoms with Gasteiger partial charge in [0, 0.05) is 12.8 Å². The number of phosphoric acid groups is 1. The fourth-order valence-electron chi connectivity index (χ4n) is 5.61. The standard InChI is InChI=1S/C42H76NO10P/c1-3-5-7-9-11-13-15-17-18-19-20-22-24-26-28-30-32-34-41(45)53-38(36-51-54(48,49)52-37-39(43)42(46)47)35-50-40(44)33-31-29-27-25-23-21-16-14-12-10-8-6-4-2/h5,7,11,13,17-18,38-39H,3-4,6,8-10,12,14-16,19-37,43H2,1-2H3,(H,46,47)(H,48,49)/b7-5-,13-11-,18-17-. The Morgan fingerprint density at radius 3 is 1.56 bits per heavy atom. The van der Waals surface area contributed by atoms with Crippen LogP contribution in [0.4, 0.5) is 0 Å². The third kappa shape index (κ3) is 36.7. The highest BCUT2D eigenvalue weighted by Gasteiger charge is 2.28. The molecule has 0 aliphatic heterocycles. The monoisotopic (exact) mass is 786 g/mol. The molecule has 0 amide bonds. The van der Waals surface area contributed by atoms with Crippen molar-refractivity contribution in [2.24, 2.45) is 5.73 Å². The zero-order chi connectivity index (χ0) is 40.0. The molecule has 11 nitrogen and oxygen atoms in total. The molecule has 0 saturated heterocycles. The van der Waals surface area contributed by atoms with Gasteiger partial charge in [-0.15, -0.1) is 0 Å². The Kier molecular flexibility index (Phi) is 36.0. The predicted molar refractivity (Wildman–Crippen MR) is 217 cm³/mol. The number of nitrogens with two attached hydrogens (primary N) is 1. The normalized spacial score (nSPS) is 14.1. The first-order chi connectivity index (χ1) is 26.1. The largest absolute Gasteiger partial charge is 0.480 e. The van der Waals surface area contributed by atoms with Gasteiger partial charge in [0.1, 0.15) is 12.6 Å². The van der Waals surface area contributed by atoms with Crippen molar-refractivity contribution >= 4 is 25.7 Å². The molecular weight excluding hydrogens is 709 g/mol. The molecule has 12 heteroatoms. The number of unbranched alkanes of at least 4 members (excludes halogenated alkanes) is 19. The van der Waals surface area contributed by atoms with Crippen molar-refractivity contribution in [1.29, 1.82) is 0 Å². The van der Waals surface area contributed by atoms with E-state index in [-0.39, 0.29) is 19.4 Å². The van der Waals surface area contributed by atoms with Gasteiger partial charge >= 0.3 is 25.7 Å². The summed E-state index contributed by atoms with van der Waals surface area (Å²) >= 11 is 0. The van der Waals surface area contributed by atoms with Gasteiger partial charge in [-0.2, -0.15) is 0 Å². The number of carboxylic acid groups (broad SMARTS) is 1. The van der Waals surface area contributed by atoms with Crippen LogP contribution in [0.1, 0.15) is 181 Å². The molecule has 4 N–H and O–H groups in total. The molecule has 0 rings (SSSR count). The van der Waals surface area contributed by atoms with E-state index in [1.165, 1.54) is 64.2 Å². The van der Waals surface area contributed by atoms with Gasteiger partial charge in [0.25, 0.3) is 0 Å². The van der Waals surface area contributed by atoms with Crippen LogP contribution in [0.5, 0.6) is 0 Å². The van der Waals surface area contributed by atoms with E-state index in [0.717, 1.165) is 77.0 Å². The number of esters is 2. The Morgan fingerprint density at radius 1 is 0.593 bits per heavy atom. The summed E-state index contributed by atoms with van der Waals surface area (Å²) < 4.78 is 32.6. The zero-order valence-corrected chi connectivity index (χ0v) is 34.7. The molecule has 0 aliphatic carbocycles. The second kappa shape index (κ2) is 37.6. The minimum atomic E-state index is -4.71. The smallest absolute Gasteiger partial charge is 0.472 e. The maximum atomic E-state index is 12.6. The fraction of sp³-hybridized carbons (Fsp3) is 0.786. The van der Waals surface area contributed by atoms with Crippen molar-refractivity contribution in [3.05, 3.63) is 36.5 Å². The van der Waals surface area contributed by atoms with Crippen LogP contribution < -0.4 is 5.73 Å². The van der Waals surface area contributed by atoms with E-state index in [9.17, 15) is 23.8 Å². The van der Waals surface area contributed by atoms with Crippen molar-refractivity contribution in [3.8, 4) is 0 Å². The topological polar surface area (TPSA) is 172 Å². The number of carbonyl (C=O) groups excluding carboxylic acids is 2. The Morgan fingerprint density at radius 2 is 1.04 bits per heavy atom. The van der Waals surface area contributed by atoms with E-state index in [0.29, 0.717) is 12.8 Å². The molecule has 3 unspecified atom stereocenters. The number of carboxylic acids is 1. The number of phosphoric ester groups is 1. The molecule has 3 atom stereocenters. The first-order valence-corrected chi connectivity index (χ1v) is 22.5. The molecule has 0 bridgehead atoms. The lowest BCUT2D eigenvalue weighted by molar-refractivity contribution is -0.161. The molecule has 0 aromatic carbocycles. The highest BCUT2D eigenvalue weighted by atomic mass is 31.2. The van der Waals surface area contributed by atoms with Crippen LogP contribution in [-0.2, 0) is 37.5 Å². The van der Waals surface area contributed by atoms with Gasteiger partial charge in [0.05, 0.1) is 13.2 Å². The number of allylic oxidation sites excluding steroid dienone is 6. The third-order valence-corrected chi connectivity index (χ3v) is 9.85. The number of ether oxygens (including phenoxy) is 2. The van der Waals surface area contributed by atoms with Crippen molar-refractivity contribution in [2.75, 3.05) is 19.8 Å². The van der Waals surface area contributed by atoms with Crippen molar-refractivity contribution in [1.82, 2.24) is 0 Å². The molecule has 0 aliphatic rings. The summed E-state index contributed by atoms with van der Waals surface area (Å²) in [4.78, 5) is 45.9. The van der Waals surface area contributed by atoms with Gasteiger partial charge in [0.15, 0.2) is 6.10 Å². The van der Waals surface area contributed by atoms with E-state index in [2.05, 4.69) is 54.8 Å². The third-order valence-electron chi connectivity index (χ3n) is 8.90. The molecule has 0 fully saturated rings. The Bertz CT molecular complexity index is 1060. The van der Waals surface area contributed by atoms with Crippen LogP contribution in [0.3, 0.4) is 0 Å². The summed E-state index contributed by atoms with van der Waals surface area (Å²) in [6.07, 6.45) is 39.2. The van der Waals surface area contributed by atoms with Crippen molar-refractivity contribution in [3.63, 3.8) is 0 Å². The summed E-state index contributed by atoms with van der Waals surface area (Å²) in [5, 5.41) is 8.88. The summed E-state index contributed by atoms with van der Waals surface area (Å²) in [6.45, 7) is 2.68. The molecule has 0 aromatic heterocycles. The first kappa shape index (κ1) is 51.7. The van der Waals surface area contributed by atoms with Gasteiger partial charge in [-0.05, 0) is 44.9 Å². The van der Waals surface area contributed by atoms with E-state index >= 15 is 0 Å². The molecule has 314 valence electrons. The van der Waals surface area contributed by atoms with E-state index in [4.69, 9.17) is 24.8 Å². The summed E-state index contributed by atoms with van der Waals surface area (Å²) in [5.74, 6) is -2.39. The van der Waals surface area contributed by atoms with E-state index in [1.807, 2.05) is 0 Å². The average molecular weight is 786 g/mol. The molecule has 0 spiro atoms. The number of hydrogen-bond acceptors (Lipinski definition) is 9. The molecule has 0 radical (unpaired) electrons. The maximum Gasteiger partial charge on any atom is 0.472 e. The minimum absolute atomic E-state index is 0.151. The Hall–Kier alpha value is -2.30. The van der Waals surface area contributed by atoms with Crippen LogP contribution in [0.25, 0.3) is 0 Å². The van der Waals surface area contributed by atoms with Gasteiger partial charge in [-0.3, -0.25) is 23.4 Å². The maximum absolute atomic E-state index is 12.6. The second-order valence-electron chi connectivity index (χ2n) is 14.1. The zero-order valence-electron chi connectivity index (χ0n) is 33.8. The van der Waals surface area contributed by atoms with Crippen molar-refractivity contribution < 1.29 is 47.5 Å². The summed E-state index contributed by atoms with van der Waals surface area (Å²) in [6, 6.07) is -1.52. The van der Waals surface area contributed by atoms with Crippen molar-refractivity contribution in [2.45, 2.75) is 193 Å². The van der Waals surface area contributed by atoms with Crippen LogP contribution >= 0.6 is 7.82 Å². The van der Waals surface area contributed by atoms with Crippen LogP contribution in [0.2, 0.25) is 0 Å². The van der Waals surface area contributed by atoms with Crippen LogP contribution in [0, 0.1) is 0 Å². The number of hydrogen-bond donors (Lipinski definition) is 3. The van der Waals surface area contributed by atoms with Gasteiger partial charge in [0.2, 0.25) is 0 Å². The molecule has 54 heavy (non-hydrogen) atoms. The summed E-state index contributed by atoms with van der Waals surface area (Å²) in [5.41, 5.74) is 5.33. The lowest BCUT2D eigenvalue weighted by Crippen LogP contribution is -2.34. The SMILES string of the molecule is CC/C=C\C/C=C\C/C=C\CCCCCCCCCC(=O)OC(COC(=O)CCCCCCCCCCCCCCC)COP(=O)(O)OCC(N)C(=O)O. The first-order valence-electron chi connectivity index (χ1n) is 21.0. The summed E-state index contributed by atoms with van der Waals surface area (Å²) in [7, 11) is -4.71. The average Bonchev–Trinajstić information content (AvgIpc) is 3.14. The molecule has 0 heterocycles. The number of aliphatic carboxylic acids is 1. The quantitative estimate of drug-likeness (QED) is 0.0234. The van der Waals surface area contributed by atoms with Gasteiger partial charge in [-0.25, -0.2) is 4.57 Å². The van der Waals surface area contributed by atoms with E-state index < -0.39 is 51.1 Å². The Labute approximate surface area is 327 Å². The highest BCUT2D eigenvalue weighted by Crippen LogP contribution is 2.43. The molecular formula is C42H76NO10P. The van der Waals surface area contributed by atoms with E-state index in [1.54, 1.807) is 0 Å². The lowest BCUT2D eigenvalue weighted by atomic mass is 10.0. The number of rotatable bonds is 39. The molecule has 0 aromatic rings.